The normalized spacial score (nSPS) is 19.2. The van der Waals surface area contributed by atoms with Crippen molar-refractivity contribution in [3.05, 3.63) is 0 Å². The van der Waals surface area contributed by atoms with E-state index in [0.717, 1.165) is 12.8 Å². The molecule has 0 aromatic heterocycles. The maximum Gasteiger partial charge on any atom is 0.279 e. The van der Waals surface area contributed by atoms with E-state index in [4.69, 9.17) is 5.73 Å². The van der Waals surface area contributed by atoms with Crippen LogP contribution in [0.5, 0.6) is 0 Å². The minimum absolute atomic E-state index is 0.00806. The van der Waals surface area contributed by atoms with Crippen LogP contribution >= 0.6 is 0 Å². The fourth-order valence-corrected chi connectivity index (χ4v) is 3.11. The standard InChI is InChI=1S/C10H21F2N3O3S/c11-10(12)8-18-6-3-14-19(16,17)15-4-1-9(7-13)2-5-15/h9-10,14H,1-8,13H2. The summed E-state index contributed by atoms with van der Waals surface area (Å²) in [6.45, 7) is 0.700. The predicted molar refractivity (Wildman–Crippen MR) is 67.1 cm³/mol. The van der Waals surface area contributed by atoms with Gasteiger partial charge < -0.3 is 10.5 Å². The van der Waals surface area contributed by atoms with Crippen LogP contribution < -0.4 is 10.5 Å². The molecule has 3 N–H and O–H groups in total. The van der Waals surface area contributed by atoms with Crippen molar-refractivity contribution in [2.75, 3.05) is 39.4 Å². The second kappa shape index (κ2) is 8.05. The van der Waals surface area contributed by atoms with Gasteiger partial charge in [0.05, 0.1) is 6.61 Å². The topological polar surface area (TPSA) is 84.7 Å². The van der Waals surface area contributed by atoms with Crippen LogP contribution in [0.4, 0.5) is 8.78 Å². The van der Waals surface area contributed by atoms with E-state index in [-0.39, 0.29) is 13.2 Å². The zero-order valence-corrected chi connectivity index (χ0v) is 11.5. The molecule has 114 valence electrons. The molecular formula is C10H21F2N3O3S. The molecule has 0 unspecified atom stereocenters. The Morgan fingerprint density at radius 1 is 1.37 bits per heavy atom. The first-order valence-electron chi connectivity index (χ1n) is 6.26. The van der Waals surface area contributed by atoms with Gasteiger partial charge in [-0.05, 0) is 25.3 Å². The Morgan fingerprint density at radius 2 is 2.00 bits per heavy atom. The highest BCUT2D eigenvalue weighted by atomic mass is 32.2. The Kier molecular flexibility index (Phi) is 7.08. The van der Waals surface area contributed by atoms with Crippen LogP contribution in [0.25, 0.3) is 0 Å². The largest absolute Gasteiger partial charge is 0.374 e. The molecule has 0 radical (unpaired) electrons. The lowest BCUT2D eigenvalue weighted by atomic mass is 9.99. The maximum absolute atomic E-state index is 11.9. The van der Waals surface area contributed by atoms with Crippen molar-refractivity contribution in [3.8, 4) is 0 Å². The molecule has 1 fully saturated rings. The summed E-state index contributed by atoms with van der Waals surface area (Å²) in [5.74, 6) is 0.376. The highest BCUT2D eigenvalue weighted by Gasteiger charge is 2.26. The van der Waals surface area contributed by atoms with Crippen molar-refractivity contribution >= 4 is 10.2 Å². The molecule has 0 aromatic carbocycles. The Hall–Kier alpha value is -0.350. The average Bonchev–Trinajstić information content (AvgIpc) is 2.38. The molecule has 1 saturated heterocycles. The van der Waals surface area contributed by atoms with Crippen LogP contribution in [-0.2, 0) is 14.9 Å². The molecule has 1 aliphatic heterocycles. The summed E-state index contributed by atoms with van der Waals surface area (Å²) in [5, 5.41) is 0. The summed E-state index contributed by atoms with van der Waals surface area (Å²) < 4.78 is 55.6. The monoisotopic (exact) mass is 301 g/mol. The fourth-order valence-electron chi connectivity index (χ4n) is 1.89. The van der Waals surface area contributed by atoms with Gasteiger partial charge in [-0.3, -0.25) is 0 Å². The van der Waals surface area contributed by atoms with Crippen LogP contribution in [0.3, 0.4) is 0 Å². The molecular weight excluding hydrogens is 280 g/mol. The number of ether oxygens (including phenoxy) is 1. The van der Waals surface area contributed by atoms with Crippen LogP contribution in [-0.4, -0.2) is 58.5 Å². The second-order valence-electron chi connectivity index (χ2n) is 4.44. The zero-order valence-electron chi connectivity index (χ0n) is 10.7. The van der Waals surface area contributed by atoms with Gasteiger partial charge >= 0.3 is 0 Å². The van der Waals surface area contributed by atoms with Crippen LogP contribution in [0, 0.1) is 5.92 Å². The third-order valence-corrected chi connectivity index (χ3v) is 4.64. The van der Waals surface area contributed by atoms with Gasteiger partial charge in [0.2, 0.25) is 0 Å². The Bertz CT molecular complexity index is 346. The van der Waals surface area contributed by atoms with E-state index in [0.29, 0.717) is 25.6 Å². The number of hydrogen-bond acceptors (Lipinski definition) is 4. The molecule has 0 bridgehead atoms. The SMILES string of the molecule is NCC1CCN(S(=O)(=O)NCCOCC(F)F)CC1. The van der Waals surface area contributed by atoms with Crippen molar-refractivity contribution in [2.45, 2.75) is 19.3 Å². The number of nitrogens with one attached hydrogen (secondary N) is 1. The van der Waals surface area contributed by atoms with E-state index < -0.39 is 23.2 Å². The number of rotatable bonds is 8. The summed E-state index contributed by atoms with van der Waals surface area (Å²) in [4.78, 5) is 0. The zero-order chi connectivity index (χ0) is 14.3. The van der Waals surface area contributed by atoms with E-state index in [2.05, 4.69) is 9.46 Å². The molecule has 1 heterocycles. The van der Waals surface area contributed by atoms with Crippen molar-refractivity contribution < 1.29 is 21.9 Å². The summed E-state index contributed by atoms with van der Waals surface area (Å²) in [6.07, 6.45) is -1.04. The summed E-state index contributed by atoms with van der Waals surface area (Å²) in [6, 6.07) is 0. The lowest BCUT2D eigenvalue weighted by Gasteiger charge is -2.30. The molecule has 0 aliphatic carbocycles. The molecule has 1 aliphatic rings. The van der Waals surface area contributed by atoms with Crippen molar-refractivity contribution in [3.63, 3.8) is 0 Å². The number of hydrogen-bond donors (Lipinski definition) is 2. The number of piperidine rings is 1. The van der Waals surface area contributed by atoms with Crippen LogP contribution in [0.15, 0.2) is 0 Å². The molecule has 0 spiro atoms. The number of halogens is 2. The van der Waals surface area contributed by atoms with E-state index in [1.165, 1.54) is 4.31 Å². The number of nitrogens with zero attached hydrogens (tertiary/aromatic N) is 1. The first kappa shape index (κ1) is 16.7. The van der Waals surface area contributed by atoms with E-state index in [1.807, 2.05) is 0 Å². The molecule has 1 rings (SSSR count). The molecule has 9 heteroatoms. The summed E-state index contributed by atoms with van der Waals surface area (Å²) in [5.41, 5.74) is 5.53. The van der Waals surface area contributed by atoms with Gasteiger partial charge in [-0.25, -0.2) is 8.78 Å². The van der Waals surface area contributed by atoms with Gasteiger partial charge in [0.1, 0.15) is 6.61 Å². The molecule has 0 aromatic rings. The summed E-state index contributed by atoms with van der Waals surface area (Å²) >= 11 is 0. The Balaban J connectivity index is 2.24. The van der Waals surface area contributed by atoms with Gasteiger partial charge in [-0.1, -0.05) is 0 Å². The smallest absolute Gasteiger partial charge is 0.279 e. The van der Waals surface area contributed by atoms with Crippen LogP contribution in [0.2, 0.25) is 0 Å². The summed E-state index contributed by atoms with van der Waals surface area (Å²) in [7, 11) is -3.54. The first-order valence-corrected chi connectivity index (χ1v) is 7.70. The van der Waals surface area contributed by atoms with E-state index in [1.54, 1.807) is 0 Å². The van der Waals surface area contributed by atoms with Gasteiger partial charge in [0.15, 0.2) is 0 Å². The minimum atomic E-state index is -3.54. The third-order valence-electron chi connectivity index (χ3n) is 3.02. The lowest BCUT2D eigenvalue weighted by molar-refractivity contribution is 0.0198. The van der Waals surface area contributed by atoms with E-state index >= 15 is 0 Å². The van der Waals surface area contributed by atoms with Crippen molar-refractivity contribution in [2.24, 2.45) is 11.7 Å². The minimum Gasteiger partial charge on any atom is -0.374 e. The van der Waals surface area contributed by atoms with Gasteiger partial charge in [-0.15, -0.1) is 0 Å². The number of nitrogens with two attached hydrogens (primary N) is 1. The maximum atomic E-state index is 11.9. The quantitative estimate of drug-likeness (QED) is 0.607. The Morgan fingerprint density at radius 3 is 2.53 bits per heavy atom. The highest BCUT2D eigenvalue weighted by Crippen LogP contribution is 2.17. The van der Waals surface area contributed by atoms with E-state index in [9.17, 15) is 17.2 Å². The average molecular weight is 301 g/mol. The van der Waals surface area contributed by atoms with Crippen molar-refractivity contribution in [1.82, 2.24) is 9.03 Å². The third kappa shape index (κ3) is 6.09. The van der Waals surface area contributed by atoms with Crippen LogP contribution in [0.1, 0.15) is 12.8 Å². The lowest BCUT2D eigenvalue weighted by Crippen LogP contribution is -2.46. The van der Waals surface area contributed by atoms with Gasteiger partial charge in [0.25, 0.3) is 16.6 Å². The molecule has 6 nitrogen and oxygen atoms in total. The molecule has 0 atom stereocenters. The fraction of sp³-hybridized carbons (Fsp3) is 1.00. The highest BCUT2D eigenvalue weighted by molar-refractivity contribution is 7.87. The van der Waals surface area contributed by atoms with Gasteiger partial charge in [0, 0.05) is 19.6 Å². The van der Waals surface area contributed by atoms with Gasteiger partial charge in [-0.2, -0.15) is 17.4 Å². The Labute approximate surface area is 112 Å². The second-order valence-corrected chi connectivity index (χ2v) is 6.20. The molecule has 19 heavy (non-hydrogen) atoms. The predicted octanol–water partition coefficient (Wildman–Crippen LogP) is -0.227. The number of alkyl halides is 2. The molecule has 0 amide bonds. The molecule has 0 saturated carbocycles. The first-order chi connectivity index (χ1) is 8.95. The van der Waals surface area contributed by atoms with Crippen molar-refractivity contribution in [1.29, 1.82) is 0 Å².